The average Bonchev–Trinajstić information content (AvgIpc) is 2.75. The maximum Gasteiger partial charge on any atom is 0.267 e. The fourth-order valence-electron chi connectivity index (χ4n) is 0.722. The molecule has 0 amide bonds. The Morgan fingerprint density at radius 1 is 1.58 bits per heavy atom. The third-order valence-electron chi connectivity index (χ3n) is 1.25. The van der Waals surface area contributed by atoms with Gasteiger partial charge in [-0.2, -0.15) is 0 Å². The van der Waals surface area contributed by atoms with Crippen LogP contribution in [-0.4, -0.2) is 15.2 Å². The Kier molecular flexibility index (Phi) is 1.84. The van der Waals surface area contributed by atoms with Gasteiger partial charge in [-0.1, -0.05) is 0 Å². The van der Waals surface area contributed by atoms with Crippen LogP contribution in [0.2, 0.25) is 0 Å². The standard InChI is InChI=1S/C6H5N4OS/c7-1-5-9-10-6(11-5)4-2-12-3-8-4/h2H,1,7H2. The molecule has 0 aliphatic carbocycles. The monoisotopic (exact) mass is 181 g/mol. The molecule has 0 saturated carbocycles. The topological polar surface area (TPSA) is 77.8 Å². The Morgan fingerprint density at radius 2 is 2.50 bits per heavy atom. The van der Waals surface area contributed by atoms with Crippen molar-refractivity contribution in [3.63, 3.8) is 0 Å². The Morgan fingerprint density at radius 3 is 3.08 bits per heavy atom. The number of hydrogen-bond donors (Lipinski definition) is 1. The van der Waals surface area contributed by atoms with Gasteiger partial charge in [-0.05, 0) is 0 Å². The minimum Gasteiger partial charge on any atom is -0.418 e. The molecule has 2 aromatic heterocycles. The van der Waals surface area contributed by atoms with Gasteiger partial charge in [-0.3, -0.25) is 0 Å². The SMILES string of the molecule is NCc1nnc(-c2cs[c]n2)o1. The Balaban J connectivity index is 2.35. The van der Waals surface area contributed by atoms with E-state index in [0.717, 1.165) is 0 Å². The molecule has 0 saturated heterocycles. The van der Waals surface area contributed by atoms with Crippen molar-refractivity contribution in [3.8, 4) is 11.6 Å². The normalized spacial score (nSPS) is 10.4. The molecule has 5 nitrogen and oxygen atoms in total. The van der Waals surface area contributed by atoms with Crippen LogP contribution in [0.5, 0.6) is 0 Å². The van der Waals surface area contributed by atoms with Crippen molar-refractivity contribution in [1.82, 2.24) is 15.2 Å². The molecule has 12 heavy (non-hydrogen) atoms. The highest BCUT2D eigenvalue weighted by Crippen LogP contribution is 2.16. The molecule has 1 radical (unpaired) electrons. The number of nitrogens with two attached hydrogens (primary N) is 1. The number of aromatic nitrogens is 3. The van der Waals surface area contributed by atoms with Gasteiger partial charge in [0.2, 0.25) is 5.89 Å². The van der Waals surface area contributed by atoms with Crippen LogP contribution < -0.4 is 5.73 Å². The first-order chi connectivity index (χ1) is 5.90. The summed E-state index contributed by atoms with van der Waals surface area (Å²) in [6.45, 7) is 0.251. The van der Waals surface area contributed by atoms with Crippen LogP contribution in [0.3, 0.4) is 0 Å². The predicted octanol–water partition coefficient (Wildman–Crippen LogP) is 0.452. The van der Waals surface area contributed by atoms with Gasteiger partial charge in [0.05, 0.1) is 6.54 Å². The van der Waals surface area contributed by atoms with Crippen molar-refractivity contribution in [3.05, 3.63) is 16.8 Å². The summed E-state index contributed by atoms with van der Waals surface area (Å²) in [5, 5.41) is 9.24. The highest BCUT2D eigenvalue weighted by molar-refractivity contribution is 7.07. The molecule has 0 aliphatic heterocycles. The van der Waals surface area contributed by atoms with Crippen LogP contribution in [0.1, 0.15) is 5.89 Å². The first-order valence-corrected chi connectivity index (χ1v) is 4.12. The lowest BCUT2D eigenvalue weighted by molar-refractivity contribution is 0.507. The lowest BCUT2D eigenvalue weighted by atomic mass is 10.5. The van der Waals surface area contributed by atoms with Crippen molar-refractivity contribution < 1.29 is 4.42 Å². The summed E-state index contributed by atoms with van der Waals surface area (Å²) in [7, 11) is 0. The fourth-order valence-corrected chi connectivity index (χ4v) is 1.19. The quantitative estimate of drug-likeness (QED) is 0.727. The van der Waals surface area contributed by atoms with E-state index in [4.69, 9.17) is 10.2 Å². The number of thiazole rings is 1. The summed E-state index contributed by atoms with van der Waals surface area (Å²) in [6.07, 6.45) is 0. The minimum atomic E-state index is 0.251. The largest absolute Gasteiger partial charge is 0.418 e. The first-order valence-electron chi connectivity index (χ1n) is 3.24. The van der Waals surface area contributed by atoms with Gasteiger partial charge >= 0.3 is 0 Å². The van der Waals surface area contributed by atoms with Crippen molar-refractivity contribution in [2.45, 2.75) is 6.54 Å². The van der Waals surface area contributed by atoms with Gasteiger partial charge in [0.15, 0.2) is 5.51 Å². The van der Waals surface area contributed by atoms with Crippen molar-refractivity contribution in [2.24, 2.45) is 5.73 Å². The zero-order chi connectivity index (χ0) is 8.39. The average molecular weight is 181 g/mol. The lowest BCUT2D eigenvalue weighted by Crippen LogP contribution is -1.95. The summed E-state index contributed by atoms with van der Waals surface area (Å²) < 4.78 is 5.15. The molecule has 0 fully saturated rings. The zero-order valence-corrected chi connectivity index (χ0v) is 6.84. The van der Waals surface area contributed by atoms with E-state index in [0.29, 0.717) is 17.5 Å². The smallest absolute Gasteiger partial charge is 0.267 e. The molecular formula is C6H5N4OS. The third-order valence-corrected chi connectivity index (χ3v) is 1.79. The number of rotatable bonds is 2. The van der Waals surface area contributed by atoms with E-state index < -0.39 is 0 Å². The van der Waals surface area contributed by atoms with Gasteiger partial charge in [0, 0.05) is 5.38 Å². The summed E-state index contributed by atoms with van der Waals surface area (Å²) in [5.74, 6) is 0.811. The molecule has 0 spiro atoms. The van der Waals surface area contributed by atoms with Crippen molar-refractivity contribution in [1.29, 1.82) is 0 Å². The molecule has 6 heteroatoms. The fraction of sp³-hybridized carbons (Fsp3) is 0.167. The molecular weight excluding hydrogens is 176 g/mol. The van der Waals surface area contributed by atoms with E-state index in [9.17, 15) is 0 Å². The second-order valence-electron chi connectivity index (χ2n) is 2.03. The molecule has 61 valence electrons. The summed E-state index contributed by atoms with van der Waals surface area (Å²) in [6, 6.07) is 0. The molecule has 2 heterocycles. The van der Waals surface area contributed by atoms with E-state index in [1.165, 1.54) is 11.3 Å². The Labute approximate surface area is 72.3 Å². The van der Waals surface area contributed by atoms with Crippen LogP contribution in [0, 0.1) is 5.51 Å². The van der Waals surface area contributed by atoms with Gasteiger partial charge in [0.1, 0.15) is 5.69 Å². The molecule has 0 atom stereocenters. The summed E-state index contributed by atoms with van der Waals surface area (Å²) >= 11 is 1.36. The molecule has 0 unspecified atom stereocenters. The van der Waals surface area contributed by atoms with E-state index >= 15 is 0 Å². The van der Waals surface area contributed by atoms with Crippen LogP contribution in [0.15, 0.2) is 9.80 Å². The summed E-state index contributed by atoms with van der Waals surface area (Å²) in [4.78, 5) is 3.89. The molecule has 0 bridgehead atoms. The van der Waals surface area contributed by atoms with Gasteiger partial charge in [-0.15, -0.1) is 21.5 Å². The molecule has 0 aromatic carbocycles. The lowest BCUT2D eigenvalue weighted by Gasteiger charge is -1.83. The van der Waals surface area contributed by atoms with Gasteiger partial charge in [-0.25, -0.2) is 4.98 Å². The van der Waals surface area contributed by atoms with Crippen LogP contribution in [0.25, 0.3) is 11.6 Å². The van der Waals surface area contributed by atoms with Crippen LogP contribution in [0.4, 0.5) is 0 Å². The Hall–Kier alpha value is -1.27. The first kappa shape index (κ1) is 7.38. The maximum absolute atomic E-state index is 5.29. The molecule has 2 aromatic rings. The zero-order valence-electron chi connectivity index (χ0n) is 6.02. The van der Waals surface area contributed by atoms with Crippen molar-refractivity contribution >= 4 is 11.3 Å². The Bertz CT molecular complexity index is 355. The van der Waals surface area contributed by atoms with E-state index in [1.807, 2.05) is 0 Å². The predicted molar refractivity (Wildman–Crippen MR) is 42.1 cm³/mol. The van der Waals surface area contributed by atoms with Gasteiger partial charge in [0.25, 0.3) is 5.89 Å². The number of hydrogen-bond acceptors (Lipinski definition) is 6. The second-order valence-corrected chi connectivity index (χ2v) is 2.68. The molecule has 2 rings (SSSR count). The molecule has 0 aliphatic rings. The van der Waals surface area contributed by atoms with E-state index in [-0.39, 0.29) is 6.54 Å². The van der Waals surface area contributed by atoms with E-state index in [2.05, 4.69) is 20.7 Å². The van der Waals surface area contributed by atoms with E-state index in [1.54, 1.807) is 5.38 Å². The highest BCUT2D eigenvalue weighted by Gasteiger charge is 2.08. The maximum atomic E-state index is 5.29. The summed E-state index contributed by atoms with van der Waals surface area (Å²) in [5.41, 5.74) is 8.63. The van der Waals surface area contributed by atoms with Crippen LogP contribution in [-0.2, 0) is 6.54 Å². The third kappa shape index (κ3) is 1.21. The molecule has 2 N–H and O–H groups in total. The van der Waals surface area contributed by atoms with Gasteiger partial charge < -0.3 is 10.2 Å². The minimum absolute atomic E-state index is 0.251. The highest BCUT2D eigenvalue weighted by atomic mass is 32.1. The van der Waals surface area contributed by atoms with Crippen LogP contribution >= 0.6 is 11.3 Å². The number of nitrogens with zero attached hydrogens (tertiary/aromatic N) is 3. The second kappa shape index (κ2) is 3.00. The van der Waals surface area contributed by atoms with Crippen molar-refractivity contribution in [2.75, 3.05) is 0 Å².